The van der Waals surface area contributed by atoms with Crippen LogP contribution in [0.1, 0.15) is 56.2 Å². The van der Waals surface area contributed by atoms with Crippen LogP contribution in [0.2, 0.25) is 0 Å². The normalized spacial score (nSPS) is 30.5. The van der Waals surface area contributed by atoms with Crippen LogP contribution in [0.15, 0.2) is 18.2 Å². The minimum Gasteiger partial charge on any atom is -0.497 e. The molecular weight excluding hydrogens is 260 g/mol. The van der Waals surface area contributed by atoms with Gasteiger partial charge in [-0.1, -0.05) is 18.9 Å². The molecule has 3 rings (SSSR count). The van der Waals surface area contributed by atoms with Crippen LogP contribution in [0.5, 0.6) is 5.75 Å². The second-order valence-electron chi connectivity index (χ2n) is 6.63. The Morgan fingerprint density at radius 3 is 2.86 bits per heavy atom. The predicted octanol–water partition coefficient (Wildman–Crippen LogP) is 3.27. The van der Waals surface area contributed by atoms with Crippen molar-refractivity contribution in [3.63, 3.8) is 0 Å². The van der Waals surface area contributed by atoms with Gasteiger partial charge in [0.2, 0.25) is 0 Å². The van der Waals surface area contributed by atoms with Gasteiger partial charge in [0.05, 0.1) is 7.11 Å². The van der Waals surface area contributed by atoms with Crippen LogP contribution in [-0.4, -0.2) is 30.6 Å². The number of methoxy groups -OCH3 is 1. The van der Waals surface area contributed by atoms with Gasteiger partial charge in [0, 0.05) is 18.1 Å². The quantitative estimate of drug-likeness (QED) is 0.907. The Balaban J connectivity index is 1.82. The van der Waals surface area contributed by atoms with Gasteiger partial charge < -0.3 is 10.5 Å². The zero-order chi connectivity index (χ0) is 14.8. The summed E-state index contributed by atoms with van der Waals surface area (Å²) in [5.41, 5.74) is 9.34. The Hall–Kier alpha value is -1.06. The average Bonchev–Trinajstić information content (AvgIpc) is 2.72. The average molecular weight is 288 g/mol. The zero-order valence-corrected chi connectivity index (χ0v) is 13.3. The molecule has 0 radical (unpaired) electrons. The molecule has 116 valence electrons. The Labute approximate surface area is 128 Å². The number of hydrogen-bond donors (Lipinski definition) is 1. The highest BCUT2D eigenvalue weighted by Gasteiger charge is 2.33. The molecule has 21 heavy (non-hydrogen) atoms. The summed E-state index contributed by atoms with van der Waals surface area (Å²) in [5, 5.41) is 0. The number of nitrogens with two attached hydrogens (primary N) is 1. The molecule has 1 aliphatic carbocycles. The molecule has 0 saturated carbocycles. The third-order valence-corrected chi connectivity index (χ3v) is 5.36. The number of nitrogens with zero attached hydrogens (tertiary/aromatic N) is 1. The van der Waals surface area contributed by atoms with Crippen LogP contribution in [0, 0.1) is 0 Å². The molecular formula is C18H28N2O. The standard InChI is InChI=1S/C18H28N2O/c1-13-6-4-3-5-11-20(13)17-10-7-14-12-15(21-2)8-9-16(14)18(17)19/h8-9,12-13,17-18H,3-7,10-11,19H2,1-2H3. The third-order valence-electron chi connectivity index (χ3n) is 5.36. The maximum absolute atomic E-state index is 6.64. The molecule has 3 nitrogen and oxygen atoms in total. The number of rotatable bonds is 2. The fourth-order valence-corrected chi connectivity index (χ4v) is 4.10. The van der Waals surface area contributed by atoms with E-state index < -0.39 is 0 Å². The van der Waals surface area contributed by atoms with Crippen molar-refractivity contribution in [2.24, 2.45) is 5.73 Å². The van der Waals surface area contributed by atoms with Crippen LogP contribution >= 0.6 is 0 Å². The number of benzene rings is 1. The van der Waals surface area contributed by atoms with Crippen molar-refractivity contribution in [1.82, 2.24) is 4.90 Å². The first kappa shape index (κ1) is 14.9. The van der Waals surface area contributed by atoms with Gasteiger partial charge in [-0.05, 0) is 62.4 Å². The summed E-state index contributed by atoms with van der Waals surface area (Å²) in [5.74, 6) is 0.947. The van der Waals surface area contributed by atoms with Crippen molar-refractivity contribution < 1.29 is 4.74 Å². The summed E-state index contributed by atoms with van der Waals surface area (Å²) in [4.78, 5) is 2.69. The molecule has 1 heterocycles. The molecule has 3 atom stereocenters. The molecule has 1 saturated heterocycles. The summed E-state index contributed by atoms with van der Waals surface area (Å²) < 4.78 is 5.34. The van der Waals surface area contributed by atoms with Gasteiger partial charge in [-0.15, -0.1) is 0 Å². The van der Waals surface area contributed by atoms with E-state index in [0.717, 1.165) is 12.2 Å². The lowest BCUT2D eigenvalue weighted by Gasteiger charge is -2.42. The van der Waals surface area contributed by atoms with Crippen LogP contribution in [0.3, 0.4) is 0 Å². The van der Waals surface area contributed by atoms with E-state index in [1.54, 1.807) is 7.11 Å². The van der Waals surface area contributed by atoms with Crippen molar-refractivity contribution in [2.45, 2.75) is 63.6 Å². The molecule has 1 aromatic carbocycles. The zero-order valence-electron chi connectivity index (χ0n) is 13.3. The van der Waals surface area contributed by atoms with Crippen molar-refractivity contribution in [3.05, 3.63) is 29.3 Å². The SMILES string of the molecule is COc1ccc2c(c1)CCC(N1CCCCCC1C)C2N. The molecule has 1 fully saturated rings. The van der Waals surface area contributed by atoms with Crippen LogP contribution in [0.25, 0.3) is 0 Å². The number of likely N-dealkylation sites (tertiary alicyclic amines) is 1. The van der Waals surface area contributed by atoms with E-state index in [0.29, 0.717) is 12.1 Å². The number of ether oxygens (including phenoxy) is 1. The molecule has 0 aromatic heterocycles. The van der Waals surface area contributed by atoms with Gasteiger partial charge in [-0.3, -0.25) is 4.90 Å². The van der Waals surface area contributed by atoms with Crippen LogP contribution in [0.4, 0.5) is 0 Å². The summed E-state index contributed by atoms with van der Waals surface area (Å²) in [7, 11) is 1.73. The highest BCUT2D eigenvalue weighted by Crippen LogP contribution is 2.35. The lowest BCUT2D eigenvalue weighted by Crippen LogP contribution is -2.49. The second kappa shape index (κ2) is 6.37. The van der Waals surface area contributed by atoms with E-state index in [1.807, 2.05) is 6.07 Å². The van der Waals surface area contributed by atoms with Crippen LogP contribution in [-0.2, 0) is 6.42 Å². The Kier molecular flexibility index (Phi) is 4.51. The first-order valence-electron chi connectivity index (χ1n) is 8.39. The molecule has 0 bridgehead atoms. The molecule has 1 aliphatic heterocycles. The topological polar surface area (TPSA) is 38.5 Å². The molecule has 1 aromatic rings. The number of fused-ring (bicyclic) bond motifs is 1. The molecule has 0 spiro atoms. The number of aryl methyl sites for hydroxylation is 1. The van der Waals surface area contributed by atoms with Crippen LogP contribution < -0.4 is 10.5 Å². The monoisotopic (exact) mass is 288 g/mol. The Bertz CT molecular complexity index is 488. The molecule has 2 N–H and O–H groups in total. The Morgan fingerprint density at radius 2 is 2.05 bits per heavy atom. The van der Waals surface area contributed by atoms with Gasteiger partial charge in [0.15, 0.2) is 0 Å². The van der Waals surface area contributed by atoms with Crippen molar-refractivity contribution in [2.75, 3.05) is 13.7 Å². The second-order valence-corrected chi connectivity index (χ2v) is 6.63. The third kappa shape index (κ3) is 2.95. The van der Waals surface area contributed by atoms with E-state index in [1.165, 1.54) is 49.8 Å². The lowest BCUT2D eigenvalue weighted by molar-refractivity contribution is 0.114. The molecule has 2 aliphatic rings. The van der Waals surface area contributed by atoms with E-state index in [2.05, 4.69) is 24.0 Å². The minimum absolute atomic E-state index is 0.139. The smallest absolute Gasteiger partial charge is 0.119 e. The summed E-state index contributed by atoms with van der Waals surface area (Å²) in [6, 6.07) is 7.69. The van der Waals surface area contributed by atoms with Gasteiger partial charge in [-0.2, -0.15) is 0 Å². The summed E-state index contributed by atoms with van der Waals surface area (Å²) in [6.07, 6.45) is 7.67. The maximum atomic E-state index is 6.64. The largest absolute Gasteiger partial charge is 0.497 e. The van der Waals surface area contributed by atoms with Crippen molar-refractivity contribution >= 4 is 0 Å². The fourth-order valence-electron chi connectivity index (χ4n) is 4.10. The molecule has 3 unspecified atom stereocenters. The Morgan fingerprint density at radius 1 is 1.19 bits per heavy atom. The predicted molar refractivity (Wildman–Crippen MR) is 86.7 cm³/mol. The van der Waals surface area contributed by atoms with Gasteiger partial charge in [0.1, 0.15) is 5.75 Å². The van der Waals surface area contributed by atoms with Gasteiger partial charge in [-0.25, -0.2) is 0 Å². The van der Waals surface area contributed by atoms with Crippen molar-refractivity contribution in [1.29, 1.82) is 0 Å². The summed E-state index contributed by atoms with van der Waals surface area (Å²) >= 11 is 0. The van der Waals surface area contributed by atoms with E-state index >= 15 is 0 Å². The van der Waals surface area contributed by atoms with E-state index in [9.17, 15) is 0 Å². The first-order chi connectivity index (χ1) is 10.2. The molecule has 0 amide bonds. The molecule has 3 heteroatoms. The van der Waals surface area contributed by atoms with E-state index in [4.69, 9.17) is 10.5 Å². The first-order valence-corrected chi connectivity index (χ1v) is 8.39. The van der Waals surface area contributed by atoms with Crippen molar-refractivity contribution in [3.8, 4) is 5.75 Å². The fraction of sp³-hybridized carbons (Fsp3) is 0.667. The minimum atomic E-state index is 0.139. The van der Waals surface area contributed by atoms with Gasteiger partial charge in [0.25, 0.3) is 0 Å². The highest BCUT2D eigenvalue weighted by molar-refractivity contribution is 5.40. The lowest BCUT2D eigenvalue weighted by atomic mass is 9.83. The van der Waals surface area contributed by atoms with Gasteiger partial charge >= 0.3 is 0 Å². The highest BCUT2D eigenvalue weighted by atomic mass is 16.5. The van der Waals surface area contributed by atoms with E-state index in [-0.39, 0.29) is 6.04 Å². The number of hydrogen-bond acceptors (Lipinski definition) is 3. The summed E-state index contributed by atoms with van der Waals surface area (Å²) in [6.45, 7) is 3.59. The maximum Gasteiger partial charge on any atom is 0.119 e.